The highest BCUT2D eigenvalue weighted by molar-refractivity contribution is 7.47. The summed E-state index contributed by atoms with van der Waals surface area (Å²) in [4.78, 5) is 35.2. The zero-order valence-corrected chi connectivity index (χ0v) is 34.0. The zero-order chi connectivity index (χ0) is 37.9. The molecule has 2 atom stereocenters. The van der Waals surface area contributed by atoms with Crippen molar-refractivity contribution >= 4 is 19.8 Å². The molecule has 0 radical (unpaired) electrons. The molecule has 0 aliphatic rings. The van der Waals surface area contributed by atoms with Crippen molar-refractivity contribution in [3.05, 3.63) is 48.6 Å². The zero-order valence-electron chi connectivity index (χ0n) is 33.1. The molecule has 51 heavy (non-hydrogen) atoms. The number of nitrogens with zero attached hydrogens (tertiary/aromatic N) is 1. The second-order valence-corrected chi connectivity index (χ2v) is 15.7. The second-order valence-electron chi connectivity index (χ2n) is 14.3. The molecule has 0 aromatic heterocycles. The van der Waals surface area contributed by atoms with Crippen molar-refractivity contribution in [2.45, 2.75) is 155 Å². The van der Waals surface area contributed by atoms with Crippen molar-refractivity contribution in [1.82, 2.24) is 0 Å². The van der Waals surface area contributed by atoms with Gasteiger partial charge in [-0.2, -0.15) is 0 Å². The summed E-state index contributed by atoms with van der Waals surface area (Å²) >= 11 is 0. The molecule has 0 rings (SSSR count). The SMILES string of the molecule is CC/C=C/C/C=C/CCCCCCCCCC(=O)OCC(COP(=O)(O)OCC[N+](C)(C)C)OC(=O)CC/C=C/C/C=C/CCCCCCCC. The standard InChI is InChI=1S/C41H74NO8P/c1-6-8-10-12-14-16-18-20-22-23-25-27-29-31-33-40(43)47-37-39(38-49-51(45,46)48-36-35-42(3,4)5)50-41(44)34-32-30-28-26-24-21-19-17-15-13-11-9-7-2/h8,10,14,16,21,24,28,30,39H,6-7,9,11-13,15,17-20,22-23,25-27,29,31-38H2,1-5H3/p+1/b10-8+,16-14+,24-21+,30-28+. The number of rotatable bonds is 35. The third-order valence-corrected chi connectivity index (χ3v) is 9.09. The van der Waals surface area contributed by atoms with Gasteiger partial charge in [0.1, 0.15) is 19.8 Å². The van der Waals surface area contributed by atoms with E-state index in [1.54, 1.807) is 0 Å². The molecule has 9 nitrogen and oxygen atoms in total. The number of carbonyl (C=O) groups excluding carboxylic acids is 2. The smallest absolute Gasteiger partial charge is 0.462 e. The molecule has 0 aromatic carbocycles. The lowest BCUT2D eigenvalue weighted by Gasteiger charge is -2.24. The van der Waals surface area contributed by atoms with Gasteiger partial charge in [0.05, 0.1) is 27.7 Å². The average molecular weight is 741 g/mol. The molecule has 0 aliphatic heterocycles. The fourth-order valence-corrected chi connectivity index (χ4v) is 5.73. The van der Waals surface area contributed by atoms with E-state index < -0.39 is 32.5 Å². The maximum atomic E-state index is 12.6. The van der Waals surface area contributed by atoms with Crippen molar-refractivity contribution in [1.29, 1.82) is 0 Å². The Morgan fingerprint density at radius 1 is 0.627 bits per heavy atom. The molecule has 10 heteroatoms. The molecule has 0 spiro atoms. The van der Waals surface area contributed by atoms with Crippen LogP contribution in [0.4, 0.5) is 0 Å². The van der Waals surface area contributed by atoms with Crippen LogP contribution in [0.5, 0.6) is 0 Å². The molecule has 0 saturated carbocycles. The Kier molecular flexibility index (Phi) is 32.4. The van der Waals surface area contributed by atoms with E-state index >= 15 is 0 Å². The summed E-state index contributed by atoms with van der Waals surface area (Å²) in [5, 5.41) is 0. The summed E-state index contributed by atoms with van der Waals surface area (Å²) in [5.74, 6) is -0.891. The summed E-state index contributed by atoms with van der Waals surface area (Å²) < 4.78 is 34.1. The molecule has 0 aromatic rings. The number of phosphoric ester groups is 1. The first-order valence-electron chi connectivity index (χ1n) is 19.9. The van der Waals surface area contributed by atoms with Crippen LogP contribution in [0.3, 0.4) is 0 Å². The monoisotopic (exact) mass is 741 g/mol. The molecule has 0 fully saturated rings. The molecule has 0 heterocycles. The topological polar surface area (TPSA) is 108 Å². The quantitative estimate of drug-likeness (QED) is 0.0225. The van der Waals surface area contributed by atoms with Crippen molar-refractivity contribution in [3.8, 4) is 0 Å². The van der Waals surface area contributed by atoms with Crippen LogP contribution in [0, 0.1) is 0 Å². The molecular weight excluding hydrogens is 665 g/mol. The number of hydrogen-bond donors (Lipinski definition) is 1. The van der Waals surface area contributed by atoms with Crippen LogP contribution in [-0.2, 0) is 32.7 Å². The number of likely N-dealkylation sites (N-methyl/N-ethyl adjacent to an activating group) is 1. The molecule has 0 aliphatic carbocycles. The summed E-state index contributed by atoms with van der Waals surface area (Å²) in [6.45, 7) is 4.21. The number of allylic oxidation sites excluding steroid dienone is 8. The van der Waals surface area contributed by atoms with Crippen LogP contribution in [-0.4, -0.2) is 74.9 Å². The first-order valence-corrected chi connectivity index (χ1v) is 21.4. The summed E-state index contributed by atoms with van der Waals surface area (Å²) in [5.41, 5.74) is 0. The number of esters is 2. The Morgan fingerprint density at radius 3 is 1.73 bits per heavy atom. The number of hydrogen-bond acceptors (Lipinski definition) is 7. The molecule has 0 saturated heterocycles. The van der Waals surface area contributed by atoms with Crippen LogP contribution >= 0.6 is 7.82 Å². The molecule has 296 valence electrons. The van der Waals surface area contributed by atoms with Gasteiger partial charge in [-0.3, -0.25) is 18.6 Å². The Hall–Kier alpha value is -2.03. The number of ether oxygens (including phenoxy) is 2. The minimum Gasteiger partial charge on any atom is -0.462 e. The highest BCUT2D eigenvalue weighted by Crippen LogP contribution is 2.43. The lowest BCUT2D eigenvalue weighted by Crippen LogP contribution is -2.37. The summed E-state index contributed by atoms with van der Waals surface area (Å²) in [7, 11) is 1.43. The highest BCUT2D eigenvalue weighted by atomic mass is 31.2. The van der Waals surface area contributed by atoms with Crippen molar-refractivity contribution in [3.63, 3.8) is 0 Å². The Morgan fingerprint density at radius 2 is 1.16 bits per heavy atom. The van der Waals surface area contributed by atoms with Gasteiger partial charge in [-0.1, -0.05) is 127 Å². The highest BCUT2D eigenvalue weighted by Gasteiger charge is 2.27. The number of unbranched alkanes of at least 4 members (excludes halogenated alkanes) is 13. The largest absolute Gasteiger partial charge is 0.472 e. The molecule has 1 N–H and O–H groups in total. The molecular formula is C41H75NO8P+. The third kappa shape index (κ3) is 37.5. The van der Waals surface area contributed by atoms with Gasteiger partial charge in [-0.15, -0.1) is 0 Å². The second kappa shape index (κ2) is 33.8. The predicted octanol–water partition coefficient (Wildman–Crippen LogP) is 10.7. The van der Waals surface area contributed by atoms with E-state index in [9.17, 15) is 19.0 Å². The predicted molar refractivity (Wildman–Crippen MR) is 210 cm³/mol. The Bertz CT molecular complexity index is 1020. The maximum absolute atomic E-state index is 12.6. The van der Waals surface area contributed by atoms with Crippen LogP contribution < -0.4 is 0 Å². The summed E-state index contributed by atoms with van der Waals surface area (Å²) in [6, 6.07) is 0. The number of quaternary nitrogens is 1. The maximum Gasteiger partial charge on any atom is 0.472 e. The van der Waals surface area contributed by atoms with E-state index in [4.69, 9.17) is 18.5 Å². The van der Waals surface area contributed by atoms with E-state index in [-0.39, 0.29) is 26.1 Å². The minimum atomic E-state index is -4.38. The Labute approximate surface area is 312 Å². The van der Waals surface area contributed by atoms with Gasteiger partial charge < -0.3 is 18.9 Å². The van der Waals surface area contributed by atoms with E-state index in [1.807, 2.05) is 33.3 Å². The number of carbonyl (C=O) groups is 2. The molecule has 0 amide bonds. The van der Waals surface area contributed by atoms with Gasteiger partial charge in [0, 0.05) is 12.8 Å². The first kappa shape index (κ1) is 49.0. The van der Waals surface area contributed by atoms with Crippen molar-refractivity contribution < 1.29 is 42.1 Å². The normalized spacial score (nSPS) is 14.2. The third-order valence-electron chi connectivity index (χ3n) is 8.11. The van der Waals surface area contributed by atoms with E-state index in [0.29, 0.717) is 17.4 Å². The number of phosphoric acid groups is 1. The van der Waals surface area contributed by atoms with Gasteiger partial charge in [-0.05, 0) is 57.8 Å². The fourth-order valence-electron chi connectivity index (χ4n) is 4.99. The molecule has 0 bridgehead atoms. The van der Waals surface area contributed by atoms with Crippen LogP contribution in [0.1, 0.15) is 149 Å². The van der Waals surface area contributed by atoms with Gasteiger partial charge >= 0.3 is 19.8 Å². The fraction of sp³-hybridized carbons (Fsp3) is 0.756. The van der Waals surface area contributed by atoms with Crippen LogP contribution in [0.2, 0.25) is 0 Å². The van der Waals surface area contributed by atoms with Gasteiger partial charge in [0.15, 0.2) is 6.10 Å². The van der Waals surface area contributed by atoms with Crippen LogP contribution in [0.25, 0.3) is 0 Å². The van der Waals surface area contributed by atoms with E-state index in [1.165, 1.54) is 57.8 Å². The average Bonchev–Trinajstić information content (AvgIpc) is 3.07. The van der Waals surface area contributed by atoms with Gasteiger partial charge in [0.25, 0.3) is 0 Å². The van der Waals surface area contributed by atoms with Crippen molar-refractivity contribution in [2.24, 2.45) is 0 Å². The van der Waals surface area contributed by atoms with E-state index in [0.717, 1.165) is 57.8 Å². The minimum absolute atomic E-state index is 0.0197. The first-order chi connectivity index (χ1) is 24.5. The Balaban J connectivity index is 4.51. The van der Waals surface area contributed by atoms with Gasteiger partial charge in [0.2, 0.25) is 0 Å². The lowest BCUT2D eigenvalue weighted by atomic mass is 10.1. The van der Waals surface area contributed by atoms with E-state index in [2.05, 4.69) is 50.3 Å². The van der Waals surface area contributed by atoms with Gasteiger partial charge in [-0.25, -0.2) is 4.57 Å². The summed E-state index contributed by atoms with van der Waals surface area (Å²) in [6.07, 6.45) is 37.5. The van der Waals surface area contributed by atoms with Crippen LogP contribution in [0.15, 0.2) is 48.6 Å². The lowest BCUT2D eigenvalue weighted by molar-refractivity contribution is -0.870. The van der Waals surface area contributed by atoms with Crippen molar-refractivity contribution in [2.75, 3.05) is 47.5 Å². The molecule has 2 unspecified atom stereocenters.